The third-order valence-corrected chi connectivity index (χ3v) is 7.70. The van der Waals surface area contributed by atoms with Crippen molar-refractivity contribution in [2.75, 3.05) is 25.2 Å². The van der Waals surface area contributed by atoms with Crippen LogP contribution in [0.2, 0.25) is 0 Å². The number of rotatable bonds is 10. The molecule has 1 aliphatic heterocycles. The van der Waals surface area contributed by atoms with Crippen molar-refractivity contribution in [1.29, 1.82) is 0 Å². The fourth-order valence-corrected chi connectivity index (χ4v) is 5.72. The third kappa shape index (κ3) is 6.27. The Balaban J connectivity index is 1.44. The van der Waals surface area contributed by atoms with Crippen LogP contribution in [0.4, 0.5) is 18.3 Å². The fourth-order valence-electron chi connectivity index (χ4n) is 4.72. The Morgan fingerprint density at radius 3 is 2.52 bits per heavy atom. The number of hydrogen-bond acceptors (Lipinski definition) is 8. The molecule has 210 valence electrons. The third-order valence-electron chi connectivity index (χ3n) is 6.71. The molecule has 40 heavy (non-hydrogen) atoms. The normalized spacial score (nSPS) is 15.5. The van der Waals surface area contributed by atoms with Crippen molar-refractivity contribution in [3.05, 3.63) is 76.1 Å². The summed E-state index contributed by atoms with van der Waals surface area (Å²) in [6.45, 7) is -1.08. The monoisotopic (exact) mass is 572 g/mol. The zero-order valence-corrected chi connectivity index (χ0v) is 22.5. The Bertz CT molecular complexity index is 1540. The number of ether oxygens (including phenoxy) is 2. The lowest BCUT2D eigenvalue weighted by Gasteiger charge is -2.22. The van der Waals surface area contributed by atoms with Crippen LogP contribution in [-0.4, -0.2) is 52.8 Å². The van der Waals surface area contributed by atoms with Gasteiger partial charge in [-0.3, -0.25) is 14.2 Å². The van der Waals surface area contributed by atoms with Crippen molar-refractivity contribution in [2.24, 2.45) is 0 Å². The SMILES string of the molecule is COc1ccc(Cn2c(OCC(F)(F)F)nc3sc(N4CCC[C@@H]4C(=O)CCc4ccccc4)nc3c2=O)cc1. The van der Waals surface area contributed by atoms with Gasteiger partial charge in [0.2, 0.25) is 0 Å². The van der Waals surface area contributed by atoms with Gasteiger partial charge in [0, 0.05) is 13.0 Å². The summed E-state index contributed by atoms with van der Waals surface area (Å²) in [6, 6.07) is 15.7. The molecule has 0 saturated carbocycles. The number of carbonyl (C=O) groups is 1. The number of hydrogen-bond donors (Lipinski definition) is 0. The molecule has 0 N–H and O–H groups in total. The average Bonchev–Trinajstić information content (AvgIpc) is 3.60. The quantitative estimate of drug-likeness (QED) is 0.264. The molecule has 1 saturated heterocycles. The smallest absolute Gasteiger partial charge is 0.422 e. The number of methoxy groups -OCH3 is 1. The molecule has 1 aliphatic rings. The summed E-state index contributed by atoms with van der Waals surface area (Å²) in [5, 5.41) is 0.444. The summed E-state index contributed by atoms with van der Waals surface area (Å²) < 4.78 is 50.2. The molecule has 0 radical (unpaired) electrons. The van der Waals surface area contributed by atoms with E-state index >= 15 is 0 Å². The first-order chi connectivity index (χ1) is 19.2. The van der Waals surface area contributed by atoms with Crippen LogP contribution in [0.15, 0.2) is 59.4 Å². The summed E-state index contributed by atoms with van der Waals surface area (Å²) in [5.41, 5.74) is 1.12. The van der Waals surface area contributed by atoms with E-state index in [1.807, 2.05) is 35.2 Å². The maximum Gasteiger partial charge on any atom is 0.422 e. The lowest BCUT2D eigenvalue weighted by atomic mass is 10.0. The van der Waals surface area contributed by atoms with Gasteiger partial charge in [-0.2, -0.15) is 18.2 Å². The zero-order chi connectivity index (χ0) is 28.3. The minimum absolute atomic E-state index is 0.0234. The van der Waals surface area contributed by atoms with Gasteiger partial charge in [-0.15, -0.1) is 0 Å². The molecule has 2 aromatic heterocycles. The highest BCUT2D eigenvalue weighted by Gasteiger charge is 2.33. The molecular formula is C28H27F3N4O4S. The van der Waals surface area contributed by atoms with Crippen LogP contribution < -0.4 is 19.9 Å². The van der Waals surface area contributed by atoms with Crippen molar-refractivity contribution in [3.8, 4) is 11.8 Å². The Hall–Kier alpha value is -3.93. The molecule has 0 aliphatic carbocycles. The molecule has 1 atom stereocenters. The van der Waals surface area contributed by atoms with Gasteiger partial charge in [-0.25, -0.2) is 4.98 Å². The highest BCUT2D eigenvalue weighted by molar-refractivity contribution is 7.21. The first kappa shape index (κ1) is 27.6. The van der Waals surface area contributed by atoms with Gasteiger partial charge < -0.3 is 14.4 Å². The van der Waals surface area contributed by atoms with Crippen molar-refractivity contribution in [3.63, 3.8) is 0 Å². The van der Waals surface area contributed by atoms with Gasteiger partial charge >= 0.3 is 12.2 Å². The molecule has 0 spiro atoms. The highest BCUT2D eigenvalue weighted by atomic mass is 32.1. The van der Waals surface area contributed by atoms with E-state index in [9.17, 15) is 22.8 Å². The molecule has 1 fully saturated rings. The summed E-state index contributed by atoms with van der Waals surface area (Å²) in [4.78, 5) is 37.5. The van der Waals surface area contributed by atoms with Gasteiger partial charge in [-0.1, -0.05) is 53.8 Å². The van der Waals surface area contributed by atoms with E-state index in [2.05, 4.69) is 9.97 Å². The summed E-state index contributed by atoms with van der Waals surface area (Å²) in [5.74, 6) is 0.681. The van der Waals surface area contributed by atoms with E-state index in [1.54, 1.807) is 24.3 Å². The number of aromatic nitrogens is 3. The Morgan fingerprint density at radius 2 is 1.82 bits per heavy atom. The summed E-state index contributed by atoms with van der Waals surface area (Å²) in [7, 11) is 1.52. The molecule has 12 heteroatoms. The van der Waals surface area contributed by atoms with Crippen LogP contribution in [0.5, 0.6) is 11.8 Å². The van der Waals surface area contributed by atoms with Gasteiger partial charge in [0.1, 0.15) is 5.75 Å². The second-order valence-electron chi connectivity index (χ2n) is 9.49. The zero-order valence-electron chi connectivity index (χ0n) is 21.7. The van der Waals surface area contributed by atoms with Crippen LogP contribution in [-0.2, 0) is 17.8 Å². The summed E-state index contributed by atoms with van der Waals surface area (Å²) in [6.07, 6.45) is -2.16. The minimum atomic E-state index is -4.61. The first-order valence-corrected chi connectivity index (χ1v) is 13.6. The number of carbonyl (C=O) groups excluding carboxylic acids is 1. The van der Waals surface area contributed by atoms with Crippen LogP contribution in [0.1, 0.15) is 30.4 Å². The van der Waals surface area contributed by atoms with E-state index in [-0.39, 0.29) is 28.7 Å². The molecule has 0 bridgehead atoms. The number of thiazole rings is 1. The molecule has 5 rings (SSSR count). The molecule has 8 nitrogen and oxygen atoms in total. The van der Waals surface area contributed by atoms with E-state index in [4.69, 9.17) is 9.47 Å². The standard InChI is InChI=1S/C28H27F3N4O4S/c1-38-20-12-9-19(10-13-20)16-35-25(37)23-24(33-26(35)39-17-28(29,30)31)40-27(32-23)34-15-5-8-21(34)22(36)14-11-18-6-3-2-4-7-18/h2-4,6-7,9-10,12-13,21H,5,8,11,14-17H2,1H3/t21-/m1/s1. The van der Waals surface area contributed by atoms with E-state index in [0.29, 0.717) is 42.3 Å². The number of anilines is 1. The van der Waals surface area contributed by atoms with Crippen LogP contribution in [0.3, 0.4) is 0 Å². The number of benzene rings is 2. The Morgan fingerprint density at radius 1 is 1.07 bits per heavy atom. The maximum absolute atomic E-state index is 13.5. The largest absolute Gasteiger partial charge is 0.497 e. The fraction of sp³-hybridized carbons (Fsp3) is 0.357. The van der Waals surface area contributed by atoms with Crippen molar-refractivity contribution < 1.29 is 27.4 Å². The Labute approximate surface area is 232 Å². The lowest BCUT2D eigenvalue weighted by Crippen LogP contribution is -2.36. The molecule has 0 unspecified atom stereocenters. The second kappa shape index (κ2) is 11.7. The first-order valence-electron chi connectivity index (χ1n) is 12.8. The second-order valence-corrected chi connectivity index (χ2v) is 10.4. The number of halogens is 3. The number of Topliss-reactive ketones (excluding diaryl/α,β-unsaturated/α-hetero) is 1. The van der Waals surface area contributed by atoms with Crippen LogP contribution in [0, 0.1) is 0 Å². The number of fused-ring (bicyclic) bond motifs is 1. The molecule has 0 amide bonds. The van der Waals surface area contributed by atoms with E-state index in [1.165, 1.54) is 7.11 Å². The van der Waals surface area contributed by atoms with Crippen LogP contribution >= 0.6 is 11.3 Å². The summed E-state index contributed by atoms with van der Waals surface area (Å²) >= 11 is 1.07. The molecular weight excluding hydrogens is 545 g/mol. The lowest BCUT2D eigenvalue weighted by molar-refractivity contribution is -0.155. The minimum Gasteiger partial charge on any atom is -0.497 e. The molecule has 3 heterocycles. The predicted molar refractivity (Wildman–Crippen MR) is 145 cm³/mol. The highest BCUT2D eigenvalue weighted by Crippen LogP contribution is 2.33. The van der Waals surface area contributed by atoms with Gasteiger partial charge in [0.25, 0.3) is 5.56 Å². The number of ketones is 1. The maximum atomic E-state index is 13.5. The van der Waals surface area contributed by atoms with Crippen molar-refractivity contribution >= 4 is 32.6 Å². The molecule has 2 aromatic carbocycles. The van der Waals surface area contributed by atoms with Gasteiger partial charge in [-0.05, 0) is 42.5 Å². The van der Waals surface area contributed by atoms with Crippen LogP contribution in [0.25, 0.3) is 10.3 Å². The van der Waals surface area contributed by atoms with E-state index < -0.39 is 24.4 Å². The average molecular weight is 573 g/mol. The topological polar surface area (TPSA) is 86.6 Å². The molecule has 4 aromatic rings. The number of alkyl halides is 3. The Kier molecular flexibility index (Phi) is 8.06. The van der Waals surface area contributed by atoms with Gasteiger partial charge in [0.05, 0.1) is 19.7 Å². The predicted octanol–water partition coefficient (Wildman–Crippen LogP) is 5.02. The van der Waals surface area contributed by atoms with Crippen molar-refractivity contribution in [1.82, 2.24) is 14.5 Å². The van der Waals surface area contributed by atoms with E-state index in [0.717, 1.165) is 27.9 Å². The van der Waals surface area contributed by atoms with Crippen molar-refractivity contribution in [2.45, 2.75) is 44.4 Å². The number of aryl methyl sites for hydroxylation is 1. The van der Waals surface area contributed by atoms with Gasteiger partial charge in [0.15, 0.2) is 27.9 Å². The number of nitrogens with zero attached hydrogens (tertiary/aromatic N) is 4.